The summed E-state index contributed by atoms with van der Waals surface area (Å²) in [6, 6.07) is 11.8. The molecule has 1 aromatic carbocycles. The lowest BCUT2D eigenvalue weighted by Crippen LogP contribution is -2.34. The number of ether oxygens (including phenoxy) is 1. The number of nitrogens with zero attached hydrogens (tertiary/aromatic N) is 2. The molecule has 1 fully saturated rings. The van der Waals surface area contributed by atoms with Crippen LogP contribution in [0.5, 0.6) is 5.75 Å². The van der Waals surface area contributed by atoms with E-state index in [1.165, 1.54) is 4.88 Å². The lowest BCUT2D eigenvalue weighted by Gasteiger charge is -2.21. The maximum absolute atomic E-state index is 12.7. The molecule has 26 heavy (non-hydrogen) atoms. The van der Waals surface area contributed by atoms with Gasteiger partial charge in [-0.1, -0.05) is 12.1 Å². The van der Waals surface area contributed by atoms with Crippen LogP contribution in [0, 0.1) is 12.8 Å². The molecule has 0 aliphatic carbocycles. The first-order valence-electron chi connectivity index (χ1n) is 8.67. The fourth-order valence-corrected chi connectivity index (χ4v) is 4.18. The van der Waals surface area contributed by atoms with Gasteiger partial charge in [-0.2, -0.15) is 0 Å². The largest absolute Gasteiger partial charge is 0.497 e. The molecule has 0 radical (unpaired) electrons. The number of hydrogen-bond acceptors (Lipinski definition) is 4. The summed E-state index contributed by atoms with van der Waals surface area (Å²) in [5, 5.41) is 0. The van der Waals surface area contributed by atoms with Crippen LogP contribution in [0.1, 0.15) is 21.7 Å². The Morgan fingerprint density at radius 1 is 1.27 bits per heavy atom. The Hall–Kier alpha value is -2.34. The van der Waals surface area contributed by atoms with Gasteiger partial charge in [0.05, 0.1) is 19.6 Å². The number of carbonyl (C=O) groups is 2. The summed E-state index contributed by atoms with van der Waals surface area (Å²) in [6.45, 7) is 3.67. The van der Waals surface area contributed by atoms with E-state index in [1.54, 1.807) is 28.2 Å². The summed E-state index contributed by atoms with van der Waals surface area (Å²) in [5.74, 6) is 0.618. The van der Waals surface area contributed by atoms with Crippen LogP contribution in [0.2, 0.25) is 0 Å². The minimum Gasteiger partial charge on any atom is -0.497 e. The molecule has 0 spiro atoms. The molecular weight excluding hydrogens is 348 g/mol. The predicted octanol–water partition coefficient (Wildman–Crippen LogP) is 3.07. The quantitative estimate of drug-likeness (QED) is 0.783. The number of methoxy groups -OCH3 is 1. The average molecular weight is 372 g/mol. The Bertz CT molecular complexity index is 785. The van der Waals surface area contributed by atoms with Crippen LogP contribution in [0.15, 0.2) is 36.4 Å². The van der Waals surface area contributed by atoms with E-state index in [0.717, 1.165) is 16.2 Å². The van der Waals surface area contributed by atoms with E-state index in [-0.39, 0.29) is 17.7 Å². The first kappa shape index (κ1) is 18.5. The van der Waals surface area contributed by atoms with Crippen molar-refractivity contribution in [3.63, 3.8) is 0 Å². The molecule has 1 aliphatic rings. The molecule has 1 saturated heterocycles. The normalized spacial score (nSPS) is 16.8. The first-order chi connectivity index (χ1) is 12.5. The van der Waals surface area contributed by atoms with E-state index < -0.39 is 0 Å². The maximum Gasteiger partial charge on any atom is 0.228 e. The summed E-state index contributed by atoms with van der Waals surface area (Å²) < 4.78 is 5.16. The number of amides is 2. The number of hydrogen-bond donors (Lipinski definition) is 0. The molecule has 6 heteroatoms. The van der Waals surface area contributed by atoms with Crippen molar-refractivity contribution in [2.24, 2.45) is 5.92 Å². The van der Waals surface area contributed by atoms with Gasteiger partial charge >= 0.3 is 0 Å². The summed E-state index contributed by atoms with van der Waals surface area (Å²) in [5.41, 5.74) is 1.04. The van der Waals surface area contributed by atoms with Gasteiger partial charge in [-0.05, 0) is 36.8 Å². The molecule has 0 bridgehead atoms. The van der Waals surface area contributed by atoms with Crippen molar-refractivity contribution in [1.29, 1.82) is 0 Å². The lowest BCUT2D eigenvalue weighted by molar-refractivity contribution is -0.135. The lowest BCUT2D eigenvalue weighted by atomic mass is 10.1. The van der Waals surface area contributed by atoms with Crippen molar-refractivity contribution in [1.82, 2.24) is 9.80 Å². The molecule has 2 heterocycles. The molecule has 2 aromatic rings. The van der Waals surface area contributed by atoms with Crippen molar-refractivity contribution in [3.05, 3.63) is 51.7 Å². The van der Waals surface area contributed by atoms with Gasteiger partial charge in [0.2, 0.25) is 11.8 Å². The molecule has 1 aliphatic heterocycles. The summed E-state index contributed by atoms with van der Waals surface area (Å²) >= 11 is 1.70. The molecule has 1 unspecified atom stereocenters. The summed E-state index contributed by atoms with van der Waals surface area (Å²) in [4.78, 5) is 31.0. The van der Waals surface area contributed by atoms with E-state index in [1.807, 2.05) is 31.3 Å². The van der Waals surface area contributed by atoms with Gasteiger partial charge in [0.15, 0.2) is 0 Å². The number of rotatable bonds is 6. The van der Waals surface area contributed by atoms with Gasteiger partial charge in [-0.3, -0.25) is 9.59 Å². The van der Waals surface area contributed by atoms with Crippen LogP contribution in [0.25, 0.3) is 0 Å². The van der Waals surface area contributed by atoms with Crippen molar-refractivity contribution in [2.75, 3.05) is 20.7 Å². The molecule has 1 atom stereocenters. The number of benzene rings is 1. The van der Waals surface area contributed by atoms with Crippen molar-refractivity contribution < 1.29 is 14.3 Å². The van der Waals surface area contributed by atoms with Gasteiger partial charge in [0, 0.05) is 36.3 Å². The molecule has 2 amide bonds. The Morgan fingerprint density at radius 2 is 2.00 bits per heavy atom. The minimum atomic E-state index is -0.258. The minimum absolute atomic E-state index is 0.0412. The summed E-state index contributed by atoms with van der Waals surface area (Å²) in [7, 11) is 3.44. The van der Waals surface area contributed by atoms with Gasteiger partial charge < -0.3 is 14.5 Å². The second kappa shape index (κ2) is 7.91. The van der Waals surface area contributed by atoms with Crippen LogP contribution < -0.4 is 4.74 Å². The van der Waals surface area contributed by atoms with E-state index in [2.05, 4.69) is 19.1 Å². The molecule has 3 rings (SSSR count). The molecule has 138 valence electrons. The molecule has 0 saturated carbocycles. The zero-order valence-corrected chi connectivity index (χ0v) is 16.2. The van der Waals surface area contributed by atoms with Crippen LogP contribution in [-0.2, 0) is 22.7 Å². The van der Waals surface area contributed by atoms with E-state index in [4.69, 9.17) is 4.74 Å². The maximum atomic E-state index is 12.7. The highest BCUT2D eigenvalue weighted by Gasteiger charge is 2.35. The highest BCUT2D eigenvalue weighted by Crippen LogP contribution is 2.24. The van der Waals surface area contributed by atoms with Crippen molar-refractivity contribution in [3.8, 4) is 5.75 Å². The molecular formula is C20H24N2O3S. The summed E-state index contributed by atoms with van der Waals surface area (Å²) in [6.07, 6.45) is 0.294. The zero-order valence-electron chi connectivity index (χ0n) is 15.4. The van der Waals surface area contributed by atoms with Gasteiger partial charge in [0.1, 0.15) is 5.75 Å². The fourth-order valence-electron chi connectivity index (χ4n) is 3.24. The monoisotopic (exact) mass is 372 g/mol. The van der Waals surface area contributed by atoms with Crippen LogP contribution in [0.4, 0.5) is 0 Å². The second-order valence-electron chi connectivity index (χ2n) is 6.73. The van der Waals surface area contributed by atoms with E-state index in [9.17, 15) is 9.59 Å². The number of thiophene rings is 1. The number of likely N-dealkylation sites (tertiary alicyclic amines) is 1. The Balaban J connectivity index is 1.58. The Kier molecular flexibility index (Phi) is 5.61. The number of aryl methyl sites for hydroxylation is 1. The number of carbonyl (C=O) groups excluding carboxylic acids is 2. The van der Waals surface area contributed by atoms with Crippen LogP contribution >= 0.6 is 11.3 Å². The predicted molar refractivity (Wildman–Crippen MR) is 102 cm³/mol. The highest BCUT2D eigenvalue weighted by atomic mass is 32.1. The third-order valence-corrected chi connectivity index (χ3v) is 5.65. The van der Waals surface area contributed by atoms with E-state index in [0.29, 0.717) is 26.1 Å². The van der Waals surface area contributed by atoms with Crippen LogP contribution in [0.3, 0.4) is 0 Å². The third-order valence-electron chi connectivity index (χ3n) is 4.66. The van der Waals surface area contributed by atoms with Gasteiger partial charge in [-0.25, -0.2) is 0 Å². The molecule has 0 N–H and O–H groups in total. The van der Waals surface area contributed by atoms with Gasteiger partial charge in [0.25, 0.3) is 0 Å². The van der Waals surface area contributed by atoms with Gasteiger partial charge in [-0.15, -0.1) is 11.3 Å². The van der Waals surface area contributed by atoms with Crippen LogP contribution in [-0.4, -0.2) is 42.3 Å². The SMILES string of the molecule is COc1ccc(CN2CC(C(=O)N(C)Cc3ccc(C)s3)CC2=O)cc1. The van der Waals surface area contributed by atoms with Crippen molar-refractivity contribution >= 4 is 23.2 Å². The molecule has 1 aromatic heterocycles. The Morgan fingerprint density at radius 3 is 2.62 bits per heavy atom. The second-order valence-corrected chi connectivity index (χ2v) is 8.10. The first-order valence-corrected chi connectivity index (χ1v) is 9.49. The zero-order chi connectivity index (χ0) is 18.7. The van der Waals surface area contributed by atoms with Crippen molar-refractivity contribution in [2.45, 2.75) is 26.4 Å². The topological polar surface area (TPSA) is 49.9 Å². The smallest absolute Gasteiger partial charge is 0.228 e. The third kappa shape index (κ3) is 4.25. The Labute approximate surface area is 158 Å². The molecule has 5 nitrogen and oxygen atoms in total. The standard InChI is InChI=1S/C20H24N2O3S/c1-14-4-9-18(26-14)13-21(2)20(24)16-10-19(23)22(12-16)11-15-5-7-17(25-3)8-6-15/h4-9,16H,10-13H2,1-3H3. The highest BCUT2D eigenvalue weighted by molar-refractivity contribution is 7.11. The fraction of sp³-hybridized carbons (Fsp3) is 0.400. The average Bonchev–Trinajstić information content (AvgIpc) is 3.20. The van der Waals surface area contributed by atoms with E-state index >= 15 is 0 Å².